The Balaban J connectivity index is 1.56. The number of ether oxygens (including phenoxy) is 3. The van der Waals surface area contributed by atoms with Crippen molar-refractivity contribution >= 4 is 17.5 Å². The van der Waals surface area contributed by atoms with Crippen molar-refractivity contribution in [2.24, 2.45) is 0 Å². The first-order chi connectivity index (χ1) is 11.1. The molecule has 0 bridgehead atoms. The van der Waals surface area contributed by atoms with Crippen LogP contribution in [0.15, 0.2) is 42.5 Å². The highest BCUT2D eigenvalue weighted by atomic mass is 35.5. The fourth-order valence-corrected chi connectivity index (χ4v) is 2.38. The van der Waals surface area contributed by atoms with E-state index in [1.54, 1.807) is 31.2 Å². The average molecular weight is 334 g/mol. The van der Waals surface area contributed by atoms with Crippen molar-refractivity contribution in [1.29, 1.82) is 0 Å². The summed E-state index contributed by atoms with van der Waals surface area (Å²) in [6, 6.07) is 12.6. The van der Waals surface area contributed by atoms with Crippen molar-refractivity contribution in [3.8, 4) is 17.2 Å². The lowest BCUT2D eigenvalue weighted by atomic mass is 10.2. The van der Waals surface area contributed by atoms with Crippen LogP contribution in [0.2, 0.25) is 5.02 Å². The van der Waals surface area contributed by atoms with Crippen molar-refractivity contribution in [3.63, 3.8) is 0 Å². The minimum absolute atomic E-state index is 0.201. The monoisotopic (exact) mass is 333 g/mol. The molecule has 0 saturated heterocycles. The molecule has 0 aliphatic carbocycles. The number of benzene rings is 2. The minimum Gasteiger partial charge on any atom is -0.481 e. The van der Waals surface area contributed by atoms with Crippen LogP contribution in [0.5, 0.6) is 17.2 Å². The van der Waals surface area contributed by atoms with E-state index in [1.807, 2.05) is 18.2 Å². The van der Waals surface area contributed by atoms with E-state index in [4.69, 9.17) is 25.8 Å². The maximum absolute atomic E-state index is 12.1. The summed E-state index contributed by atoms with van der Waals surface area (Å²) in [6.07, 6.45) is -0.641. The zero-order valence-electron chi connectivity index (χ0n) is 12.5. The van der Waals surface area contributed by atoms with Crippen LogP contribution in [0, 0.1) is 0 Å². The second-order valence-corrected chi connectivity index (χ2v) is 5.49. The Morgan fingerprint density at radius 1 is 1.26 bits per heavy atom. The van der Waals surface area contributed by atoms with Gasteiger partial charge in [-0.2, -0.15) is 0 Å². The van der Waals surface area contributed by atoms with Crippen LogP contribution in [0.3, 0.4) is 0 Å². The number of carbonyl (C=O) groups excluding carboxylic acids is 1. The molecular weight excluding hydrogens is 318 g/mol. The molecule has 6 heteroatoms. The maximum Gasteiger partial charge on any atom is 0.261 e. The van der Waals surface area contributed by atoms with E-state index >= 15 is 0 Å². The molecule has 0 aromatic heterocycles. The quantitative estimate of drug-likeness (QED) is 0.913. The van der Waals surface area contributed by atoms with Crippen molar-refractivity contribution < 1.29 is 19.0 Å². The highest BCUT2D eigenvalue weighted by Crippen LogP contribution is 2.35. The molecule has 120 valence electrons. The van der Waals surface area contributed by atoms with Gasteiger partial charge < -0.3 is 19.5 Å². The van der Waals surface area contributed by atoms with Gasteiger partial charge in [-0.25, -0.2) is 0 Å². The normalized spacial score (nSPS) is 13.5. The number of fused-ring (bicyclic) bond motifs is 1. The van der Waals surface area contributed by atoms with Crippen molar-refractivity contribution in [1.82, 2.24) is 5.32 Å². The predicted octanol–water partition coefficient (Wildman–Crippen LogP) is 3.15. The van der Waals surface area contributed by atoms with E-state index in [0.717, 1.165) is 5.56 Å². The second kappa shape index (κ2) is 6.79. The highest BCUT2D eigenvalue weighted by Gasteiger charge is 2.18. The SMILES string of the molecule is C[C@@H](Oc1ccc2c(c1)OCO2)C(=O)NCc1ccccc1Cl. The van der Waals surface area contributed by atoms with Crippen LogP contribution >= 0.6 is 11.6 Å². The first kappa shape index (κ1) is 15.5. The lowest BCUT2D eigenvalue weighted by molar-refractivity contribution is -0.127. The van der Waals surface area contributed by atoms with Crippen LogP contribution in [0.1, 0.15) is 12.5 Å². The molecule has 3 rings (SSSR count). The van der Waals surface area contributed by atoms with Gasteiger partial charge in [0, 0.05) is 17.6 Å². The molecule has 0 unspecified atom stereocenters. The third kappa shape index (κ3) is 3.68. The fourth-order valence-electron chi connectivity index (χ4n) is 2.18. The summed E-state index contributed by atoms with van der Waals surface area (Å²) < 4.78 is 16.2. The van der Waals surface area contributed by atoms with Gasteiger partial charge >= 0.3 is 0 Å². The average Bonchev–Trinajstić information content (AvgIpc) is 3.01. The minimum atomic E-state index is -0.641. The smallest absolute Gasteiger partial charge is 0.261 e. The molecule has 23 heavy (non-hydrogen) atoms. The highest BCUT2D eigenvalue weighted by molar-refractivity contribution is 6.31. The van der Waals surface area contributed by atoms with Crippen LogP contribution in [-0.4, -0.2) is 18.8 Å². The molecule has 1 aliphatic rings. The Morgan fingerprint density at radius 3 is 2.87 bits per heavy atom. The lowest BCUT2D eigenvalue weighted by Crippen LogP contribution is -2.35. The van der Waals surface area contributed by atoms with Gasteiger partial charge in [0.05, 0.1) is 0 Å². The predicted molar refractivity (Wildman–Crippen MR) is 86.0 cm³/mol. The van der Waals surface area contributed by atoms with Gasteiger partial charge in [0.15, 0.2) is 17.6 Å². The number of halogens is 1. The Bertz CT molecular complexity index is 719. The molecule has 0 fully saturated rings. The number of rotatable bonds is 5. The number of nitrogens with one attached hydrogen (secondary N) is 1. The lowest BCUT2D eigenvalue weighted by Gasteiger charge is -2.15. The molecule has 1 heterocycles. The molecule has 0 radical (unpaired) electrons. The first-order valence-electron chi connectivity index (χ1n) is 7.21. The van der Waals surface area contributed by atoms with Gasteiger partial charge in [-0.15, -0.1) is 0 Å². The van der Waals surface area contributed by atoms with E-state index in [2.05, 4.69) is 5.32 Å². The first-order valence-corrected chi connectivity index (χ1v) is 7.59. The summed E-state index contributed by atoms with van der Waals surface area (Å²) in [5.41, 5.74) is 0.859. The van der Waals surface area contributed by atoms with Gasteiger partial charge in [0.25, 0.3) is 5.91 Å². The number of hydrogen-bond donors (Lipinski definition) is 1. The number of carbonyl (C=O) groups is 1. The fraction of sp³-hybridized carbons (Fsp3) is 0.235. The number of amides is 1. The van der Waals surface area contributed by atoms with Gasteiger partial charge in [-0.05, 0) is 30.7 Å². The molecule has 1 aliphatic heterocycles. The van der Waals surface area contributed by atoms with Crippen molar-refractivity contribution in [2.75, 3.05) is 6.79 Å². The zero-order chi connectivity index (χ0) is 16.2. The Hall–Kier alpha value is -2.40. The molecule has 5 nitrogen and oxygen atoms in total. The molecule has 0 saturated carbocycles. The van der Waals surface area contributed by atoms with Gasteiger partial charge in [-0.1, -0.05) is 29.8 Å². The standard InChI is InChI=1S/C17H16ClNO4/c1-11(17(20)19-9-12-4-2-3-5-14(12)18)23-13-6-7-15-16(8-13)22-10-21-15/h2-8,11H,9-10H2,1H3,(H,19,20)/t11-/m1/s1. The van der Waals surface area contributed by atoms with E-state index in [-0.39, 0.29) is 12.7 Å². The van der Waals surface area contributed by atoms with Gasteiger partial charge in [0.2, 0.25) is 6.79 Å². The summed E-state index contributed by atoms with van der Waals surface area (Å²) in [5, 5.41) is 3.43. The Morgan fingerprint density at radius 2 is 2.04 bits per heavy atom. The van der Waals surface area contributed by atoms with Gasteiger partial charge in [-0.3, -0.25) is 4.79 Å². The molecule has 0 spiro atoms. The second-order valence-electron chi connectivity index (χ2n) is 5.08. The summed E-state index contributed by atoms with van der Waals surface area (Å²) in [7, 11) is 0. The molecule has 1 amide bonds. The van der Waals surface area contributed by atoms with E-state index < -0.39 is 6.10 Å². The molecular formula is C17H16ClNO4. The van der Waals surface area contributed by atoms with Crippen LogP contribution in [0.25, 0.3) is 0 Å². The molecule has 1 N–H and O–H groups in total. The van der Waals surface area contributed by atoms with Gasteiger partial charge in [0.1, 0.15) is 5.75 Å². The third-order valence-electron chi connectivity index (χ3n) is 3.44. The molecule has 2 aromatic carbocycles. The van der Waals surface area contributed by atoms with Crippen LogP contribution in [0.4, 0.5) is 0 Å². The summed E-state index contributed by atoms with van der Waals surface area (Å²) in [5.74, 6) is 1.62. The summed E-state index contributed by atoms with van der Waals surface area (Å²) >= 11 is 6.06. The van der Waals surface area contributed by atoms with Crippen LogP contribution in [-0.2, 0) is 11.3 Å². The van der Waals surface area contributed by atoms with E-state index in [0.29, 0.717) is 28.8 Å². The number of hydrogen-bond acceptors (Lipinski definition) is 4. The van der Waals surface area contributed by atoms with Crippen molar-refractivity contribution in [3.05, 3.63) is 53.1 Å². The largest absolute Gasteiger partial charge is 0.481 e. The van der Waals surface area contributed by atoms with E-state index in [9.17, 15) is 4.79 Å². The zero-order valence-corrected chi connectivity index (χ0v) is 13.3. The van der Waals surface area contributed by atoms with Crippen LogP contribution < -0.4 is 19.5 Å². The Kier molecular flexibility index (Phi) is 4.57. The molecule has 1 atom stereocenters. The Labute approximate surface area is 139 Å². The van der Waals surface area contributed by atoms with E-state index in [1.165, 1.54) is 0 Å². The topological polar surface area (TPSA) is 56.8 Å². The summed E-state index contributed by atoms with van der Waals surface area (Å²) in [6.45, 7) is 2.24. The van der Waals surface area contributed by atoms with Crippen molar-refractivity contribution in [2.45, 2.75) is 19.6 Å². The molecule has 2 aromatic rings. The maximum atomic E-state index is 12.1. The summed E-state index contributed by atoms with van der Waals surface area (Å²) in [4.78, 5) is 12.1. The third-order valence-corrected chi connectivity index (χ3v) is 3.81.